The molecule has 0 saturated heterocycles. The molecule has 0 unspecified atom stereocenters. The molecule has 0 aliphatic carbocycles. The second kappa shape index (κ2) is 6.44. The number of rotatable bonds is 6. The van der Waals surface area contributed by atoms with E-state index in [1.807, 2.05) is 25.9 Å². The Morgan fingerprint density at radius 2 is 2.06 bits per heavy atom. The van der Waals surface area contributed by atoms with Gasteiger partial charge in [-0.3, -0.25) is 0 Å². The van der Waals surface area contributed by atoms with Gasteiger partial charge in [0.2, 0.25) is 11.2 Å². The summed E-state index contributed by atoms with van der Waals surface area (Å²) in [5.41, 5.74) is 0. The van der Waals surface area contributed by atoms with E-state index in [0.29, 0.717) is 12.6 Å². The summed E-state index contributed by atoms with van der Waals surface area (Å²) in [6, 6.07) is 0.248. The van der Waals surface area contributed by atoms with Crippen molar-refractivity contribution in [2.75, 3.05) is 39.1 Å². The van der Waals surface area contributed by atoms with Crippen LogP contribution in [0.4, 0.5) is 5.95 Å². The van der Waals surface area contributed by atoms with Gasteiger partial charge < -0.3 is 15.0 Å². The highest BCUT2D eigenvalue weighted by molar-refractivity contribution is 6.28. The van der Waals surface area contributed by atoms with Crippen LogP contribution in [0.15, 0.2) is 0 Å². The molecule has 0 aliphatic rings. The maximum atomic E-state index is 5.73. The Bertz CT molecular complexity index is 334. The highest BCUT2D eigenvalue weighted by atomic mass is 35.5. The number of hydrogen-bond acceptors (Lipinski definition) is 6. The minimum absolute atomic E-state index is 0.130. The van der Waals surface area contributed by atoms with E-state index in [1.54, 1.807) is 0 Å². The van der Waals surface area contributed by atoms with Crippen molar-refractivity contribution < 1.29 is 4.74 Å². The zero-order valence-electron chi connectivity index (χ0n) is 9.70. The normalized spacial score (nSPS) is 10.6. The highest BCUT2D eigenvalue weighted by Crippen LogP contribution is 2.10. The minimum Gasteiger partial charge on any atom is -0.462 e. The quantitative estimate of drug-likeness (QED) is 0.804. The number of hydrogen-bond donors (Lipinski definition) is 1. The Hall–Kier alpha value is -1.14. The zero-order chi connectivity index (χ0) is 12.0. The topological polar surface area (TPSA) is 63.2 Å². The van der Waals surface area contributed by atoms with Crippen molar-refractivity contribution in [1.82, 2.24) is 19.9 Å². The van der Waals surface area contributed by atoms with Crippen LogP contribution in [-0.4, -0.2) is 53.6 Å². The summed E-state index contributed by atoms with van der Waals surface area (Å²) in [4.78, 5) is 13.9. The molecule has 0 atom stereocenters. The van der Waals surface area contributed by atoms with Gasteiger partial charge in [-0.1, -0.05) is 0 Å². The van der Waals surface area contributed by atoms with E-state index < -0.39 is 0 Å². The highest BCUT2D eigenvalue weighted by Gasteiger charge is 2.05. The predicted octanol–water partition coefficient (Wildman–Crippen LogP) is 0.897. The van der Waals surface area contributed by atoms with Gasteiger partial charge in [0.25, 0.3) is 0 Å². The van der Waals surface area contributed by atoms with Crippen LogP contribution >= 0.6 is 11.6 Å². The molecule has 0 spiro atoms. The Morgan fingerprint density at radius 3 is 2.69 bits per heavy atom. The Labute approximate surface area is 100 Å². The van der Waals surface area contributed by atoms with Crippen LogP contribution in [0.1, 0.15) is 6.92 Å². The third-order valence-corrected chi connectivity index (χ3v) is 1.86. The molecule has 1 aromatic heterocycles. The van der Waals surface area contributed by atoms with Crippen LogP contribution in [0.3, 0.4) is 0 Å². The first kappa shape index (κ1) is 12.9. The third-order valence-electron chi connectivity index (χ3n) is 1.69. The van der Waals surface area contributed by atoms with E-state index in [2.05, 4.69) is 20.3 Å². The van der Waals surface area contributed by atoms with Gasteiger partial charge in [-0.05, 0) is 32.6 Å². The van der Waals surface area contributed by atoms with E-state index in [9.17, 15) is 0 Å². The van der Waals surface area contributed by atoms with E-state index >= 15 is 0 Å². The lowest BCUT2D eigenvalue weighted by molar-refractivity contribution is 0.245. The molecular weight excluding hydrogens is 230 g/mol. The van der Waals surface area contributed by atoms with Crippen LogP contribution in [0.5, 0.6) is 6.01 Å². The summed E-state index contributed by atoms with van der Waals surface area (Å²) < 4.78 is 5.36. The van der Waals surface area contributed by atoms with Crippen molar-refractivity contribution in [2.45, 2.75) is 6.92 Å². The van der Waals surface area contributed by atoms with E-state index in [-0.39, 0.29) is 11.3 Å². The summed E-state index contributed by atoms with van der Waals surface area (Å²) in [6.45, 7) is 3.97. The van der Waals surface area contributed by atoms with Gasteiger partial charge in [0.15, 0.2) is 0 Å². The Morgan fingerprint density at radius 1 is 1.31 bits per heavy atom. The van der Waals surface area contributed by atoms with Crippen LogP contribution in [0.2, 0.25) is 5.28 Å². The first-order valence-electron chi connectivity index (χ1n) is 5.04. The molecule has 1 aromatic rings. The van der Waals surface area contributed by atoms with Gasteiger partial charge in [-0.2, -0.15) is 15.0 Å². The minimum atomic E-state index is 0.130. The average Bonchev–Trinajstić information content (AvgIpc) is 2.16. The number of aromatic nitrogens is 3. The van der Waals surface area contributed by atoms with Crippen molar-refractivity contribution in [3.63, 3.8) is 0 Å². The van der Waals surface area contributed by atoms with Crippen LogP contribution in [0, 0.1) is 0 Å². The molecule has 1 rings (SSSR count). The lowest BCUT2D eigenvalue weighted by Crippen LogP contribution is -2.20. The van der Waals surface area contributed by atoms with Crippen molar-refractivity contribution in [3.05, 3.63) is 5.28 Å². The zero-order valence-corrected chi connectivity index (χ0v) is 10.5. The molecule has 0 fully saturated rings. The first-order chi connectivity index (χ1) is 7.61. The molecule has 0 bridgehead atoms. The van der Waals surface area contributed by atoms with Gasteiger partial charge in [-0.25, -0.2) is 0 Å². The van der Waals surface area contributed by atoms with Gasteiger partial charge in [0.1, 0.15) is 6.61 Å². The first-order valence-corrected chi connectivity index (χ1v) is 5.42. The number of nitrogens with one attached hydrogen (secondary N) is 1. The molecule has 0 amide bonds. The largest absolute Gasteiger partial charge is 0.462 e. The van der Waals surface area contributed by atoms with Gasteiger partial charge in [0.05, 0.1) is 0 Å². The predicted molar refractivity (Wildman–Crippen MR) is 63.0 cm³/mol. The third kappa shape index (κ3) is 4.59. The summed E-state index contributed by atoms with van der Waals surface area (Å²) in [5.74, 6) is 0.433. The van der Waals surface area contributed by atoms with Gasteiger partial charge in [0, 0.05) is 13.1 Å². The molecule has 6 nitrogen and oxygen atoms in total. The van der Waals surface area contributed by atoms with Crippen LogP contribution < -0.4 is 10.1 Å². The SMILES string of the molecule is CCNc1nc(Cl)nc(OCCN(C)C)n1. The van der Waals surface area contributed by atoms with E-state index in [4.69, 9.17) is 16.3 Å². The lowest BCUT2D eigenvalue weighted by Gasteiger charge is -2.10. The summed E-state index contributed by atoms with van der Waals surface area (Å²) in [7, 11) is 3.93. The van der Waals surface area contributed by atoms with Crippen LogP contribution in [0.25, 0.3) is 0 Å². The Kier molecular flexibility index (Phi) is 5.21. The summed E-state index contributed by atoms with van der Waals surface area (Å²) in [6.07, 6.45) is 0. The molecule has 16 heavy (non-hydrogen) atoms. The van der Waals surface area contributed by atoms with Crippen molar-refractivity contribution >= 4 is 17.5 Å². The Balaban J connectivity index is 2.58. The van der Waals surface area contributed by atoms with E-state index in [1.165, 1.54) is 0 Å². The van der Waals surface area contributed by atoms with Crippen molar-refractivity contribution in [2.24, 2.45) is 0 Å². The molecule has 0 aliphatic heterocycles. The second-order valence-corrected chi connectivity index (χ2v) is 3.73. The van der Waals surface area contributed by atoms with Crippen molar-refractivity contribution in [3.8, 4) is 6.01 Å². The van der Waals surface area contributed by atoms with E-state index in [0.717, 1.165) is 13.1 Å². The number of ether oxygens (including phenoxy) is 1. The monoisotopic (exact) mass is 245 g/mol. The smallest absolute Gasteiger partial charge is 0.322 e. The molecule has 90 valence electrons. The molecule has 0 radical (unpaired) electrons. The number of nitrogens with zero attached hydrogens (tertiary/aromatic N) is 4. The standard InChI is InChI=1S/C9H16ClN5O/c1-4-11-8-12-7(10)13-9(14-8)16-6-5-15(2)3/h4-6H2,1-3H3,(H,11,12,13,14). The summed E-state index contributed by atoms with van der Waals surface area (Å²) >= 11 is 5.73. The van der Waals surface area contributed by atoms with Gasteiger partial charge >= 0.3 is 6.01 Å². The number of anilines is 1. The molecular formula is C9H16ClN5O. The second-order valence-electron chi connectivity index (χ2n) is 3.39. The fraction of sp³-hybridized carbons (Fsp3) is 0.667. The average molecular weight is 246 g/mol. The molecule has 1 N–H and O–H groups in total. The maximum absolute atomic E-state index is 5.73. The molecule has 0 aromatic carbocycles. The number of likely N-dealkylation sites (N-methyl/N-ethyl adjacent to an activating group) is 1. The van der Waals surface area contributed by atoms with Gasteiger partial charge in [-0.15, -0.1) is 0 Å². The van der Waals surface area contributed by atoms with Crippen molar-refractivity contribution in [1.29, 1.82) is 0 Å². The summed E-state index contributed by atoms with van der Waals surface area (Å²) in [5, 5.41) is 3.08. The molecule has 7 heteroatoms. The fourth-order valence-corrected chi connectivity index (χ4v) is 1.11. The molecule has 0 saturated carbocycles. The molecule has 1 heterocycles. The van der Waals surface area contributed by atoms with Crippen LogP contribution in [-0.2, 0) is 0 Å². The number of halogens is 1. The lowest BCUT2D eigenvalue weighted by atomic mass is 10.6. The maximum Gasteiger partial charge on any atom is 0.322 e. The fourth-order valence-electron chi connectivity index (χ4n) is 0.953.